The highest BCUT2D eigenvalue weighted by molar-refractivity contribution is 14.1. The molecule has 0 amide bonds. The van der Waals surface area contributed by atoms with Gasteiger partial charge in [0.15, 0.2) is 0 Å². The Morgan fingerprint density at radius 1 is 1.50 bits per heavy atom. The maximum Gasteiger partial charge on any atom is 0.119 e. The molecular weight excluding hydrogens is 317 g/mol. The van der Waals surface area contributed by atoms with Crippen LogP contribution in [0.15, 0.2) is 18.2 Å². The third-order valence-electron chi connectivity index (χ3n) is 2.34. The molecule has 1 aromatic rings. The number of hydrogen-bond donors (Lipinski definition) is 2. The van der Waals surface area contributed by atoms with Crippen molar-refractivity contribution < 1.29 is 9.84 Å². The van der Waals surface area contributed by atoms with Crippen molar-refractivity contribution in [1.82, 2.24) is 5.32 Å². The molecule has 90 valence electrons. The van der Waals surface area contributed by atoms with E-state index in [9.17, 15) is 5.11 Å². The standard InChI is InChI=1S/C12H18INO2/c1-9-5-12(4-3-10(9)6-13)16-8-11(15)7-14-2/h3-5,11,14-15H,6-8H2,1-2H3. The van der Waals surface area contributed by atoms with E-state index in [1.54, 1.807) is 0 Å². The first-order valence-electron chi connectivity index (χ1n) is 5.28. The van der Waals surface area contributed by atoms with E-state index < -0.39 is 6.10 Å². The molecule has 3 nitrogen and oxygen atoms in total. The Bertz CT molecular complexity index is 331. The molecule has 0 saturated heterocycles. The maximum absolute atomic E-state index is 9.49. The SMILES string of the molecule is CNCC(O)COc1ccc(CI)c(C)c1. The summed E-state index contributed by atoms with van der Waals surface area (Å²) >= 11 is 2.34. The van der Waals surface area contributed by atoms with E-state index in [2.05, 4.69) is 40.9 Å². The van der Waals surface area contributed by atoms with Crippen molar-refractivity contribution in [2.75, 3.05) is 20.2 Å². The summed E-state index contributed by atoms with van der Waals surface area (Å²) in [5.74, 6) is 0.821. The van der Waals surface area contributed by atoms with Crippen molar-refractivity contribution in [2.24, 2.45) is 0 Å². The fraction of sp³-hybridized carbons (Fsp3) is 0.500. The summed E-state index contributed by atoms with van der Waals surface area (Å²) in [7, 11) is 1.81. The van der Waals surface area contributed by atoms with Gasteiger partial charge in [-0.05, 0) is 37.2 Å². The Kier molecular flexibility index (Phi) is 6.08. The second-order valence-electron chi connectivity index (χ2n) is 3.74. The first kappa shape index (κ1) is 13.7. The zero-order valence-corrected chi connectivity index (χ0v) is 11.8. The highest BCUT2D eigenvalue weighted by Gasteiger charge is 2.04. The minimum absolute atomic E-state index is 0.323. The molecule has 4 heteroatoms. The predicted octanol–water partition coefficient (Wildman–Crippen LogP) is 1.89. The van der Waals surface area contributed by atoms with Gasteiger partial charge in [0, 0.05) is 11.0 Å². The average Bonchev–Trinajstić information content (AvgIpc) is 2.27. The fourth-order valence-electron chi connectivity index (χ4n) is 1.40. The van der Waals surface area contributed by atoms with Crippen LogP contribution in [0.3, 0.4) is 0 Å². The smallest absolute Gasteiger partial charge is 0.119 e. The van der Waals surface area contributed by atoms with Gasteiger partial charge in [0.2, 0.25) is 0 Å². The molecule has 1 atom stereocenters. The van der Waals surface area contributed by atoms with Crippen LogP contribution in [0.2, 0.25) is 0 Å². The molecular formula is C12H18INO2. The molecule has 0 spiro atoms. The van der Waals surface area contributed by atoms with Gasteiger partial charge in [0.05, 0.1) is 0 Å². The molecule has 0 bridgehead atoms. The van der Waals surface area contributed by atoms with Crippen molar-refractivity contribution in [3.05, 3.63) is 29.3 Å². The molecule has 0 aliphatic carbocycles. The van der Waals surface area contributed by atoms with E-state index in [0.717, 1.165) is 10.2 Å². The molecule has 0 aliphatic heterocycles. The summed E-state index contributed by atoms with van der Waals surface area (Å²) in [5.41, 5.74) is 2.55. The van der Waals surface area contributed by atoms with Gasteiger partial charge < -0.3 is 15.2 Å². The number of alkyl halides is 1. The van der Waals surface area contributed by atoms with Crippen LogP contribution in [-0.2, 0) is 4.43 Å². The third kappa shape index (κ3) is 4.27. The number of aliphatic hydroxyl groups excluding tert-OH is 1. The second-order valence-corrected chi connectivity index (χ2v) is 4.51. The van der Waals surface area contributed by atoms with E-state index in [4.69, 9.17) is 4.74 Å². The number of halogens is 1. The molecule has 2 N–H and O–H groups in total. The topological polar surface area (TPSA) is 41.5 Å². The first-order valence-corrected chi connectivity index (χ1v) is 6.81. The van der Waals surface area contributed by atoms with E-state index in [-0.39, 0.29) is 0 Å². The Labute approximate surface area is 110 Å². The van der Waals surface area contributed by atoms with Crippen LogP contribution in [0.1, 0.15) is 11.1 Å². The normalized spacial score (nSPS) is 12.5. The van der Waals surface area contributed by atoms with Crippen LogP contribution >= 0.6 is 22.6 Å². The third-order valence-corrected chi connectivity index (χ3v) is 3.16. The summed E-state index contributed by atoms with van der Waals surface area (Å²) in [4.78, 5) is 0. The number of likely N-dealkylation sites (N-methyl/N-ethyl adjacent to an activating group) is 1. The van der Waals surface area contributed by atoms with Crippen LogP contribution in [0, 0.1) is 6.92 Å². The number of rotatable bonds is 6. The van der Waals surface area contributed by atoms with Crippen molar-refractivity contribution in [3.63, 3.8) is 0 Å². The summed E-state index contributed by atoms with van der Waals surface area (Å²) in [6.45, 7) is 2.94. The zero-order chi connectivity index (χ0) is 12.0. The first-order chi connectivity index (χ1) is 7.67. The summed E-state index contributed by atoms with van der Waals surface area (Å²) < 4.78 is 6.51. The van der Waals surface area contributed by atoms with Gasteiger partial charge in [-0.2, -0.15) is 0 Å². The molecule has 1 rings (SSSR count). The molecule has 0 aliphatic rings. The molecule has 16 heavy (non-hydrogen) atoms. The number of ether oxygens (including phenoxy) is 1. The van der Waals surface area contributed by atoms with Crippen LogP contribution in [0.4, 0.5) is 0 Å². The zero-order valence-electron chi connectivity index (χ0n) is 9.66. The van der Waals surface area contributed by atoms with Crippen LogP contribution in [0.5, 0.6) is 5.75 Å². The largest absolute Gasteiger partial charge is 0.491 e. The average molecular weight is 335 g/mol. The van der Waals surface area contributed by atoms with Gasteiger partial charge in [0.1, 0.15) is 18.5 Å². The minimum Gasteiger partial charge on any atom is -0.491 e. The number of aryl methyl sites for hydroxylation is 1. The summed E-state index contributed by atoms with van der Waals surface area (Å²) in [6, 6.07) is 6.04. The number of nitrogens with one attached hydrogen (secondary N) is 1. The monoisotopic (exact) mass is 335 g/mol. The van der Waals surface area contributed by atoms with Crippen LogP contribution < -0.4 is 10.1 Å². The molecule has 0 aromatic heterocycles. The van der Waals surface area contributed by atoms with Gasteiger partial charge in [-0.3, -0.25) is 0 Å². The van der Waals surface area contributed by atoms with Gasteiger partial charge in [-0.25, -0.2) is 0 Å². The Balaban J connectivity index is 2.51. The Morgan fingerprint density at radius 2 is 2.25 bits per heavy atom. The quantitative estimate of drug-likeness (QED) is 0.616. The van der Waals surface area contributed by atoms with E-state index in [0.29, 0.717) is 13.2 Å². The van der Waals surface area contributed by atoms with Gasteiger partial charge in [0.25, 0.3) is 0 Å². The number of benzene rings is 1. The highest BCUT2D eigenvalue weighted by atomic mass is 127. The lowest BCUT2D eigenvalue weighted by molar-refractivity contribution is 0.108. The van der Waals surface area contributed by atoms with Crippen molar-refractivity contribution in [1.29, 1.82) is 0 Å². The fourth-order valence-corrected chi connectivity index (χ4v) is 2.25. The highest BCUT2D eigenvalue weighted by Crippen LogP contribution is 2.19. The van der Waals surface area contributed by atoms with Crippen LogP contribution in [0.25, 0.3) is 0 Å². The molecule has 0 saturated carbocycles. The molecule has 0 heterocycles. The summed E-state index contributed by atoms with van der Waals surface area (Å²) in [5, 5.41) is 12.4. The Morgan fingerprint density at radius 3 is 2.81 bits per heavy atom. The van der Waals surface area contributed by atoms with E-state index in [1.807, 2.05) is 19.2 Å². The van der Waals surface area contributed by atoms with Crippen molar-refractivity contribution >= 4 is 22.6 Å². The maximum atomic E-state index is 9.49. The van der Waals surface area contributed by atoms with E-state index in [1.165, 1.54) is 11.1 Å². The molecule has 1 unspecified atom stereocenters. The number of hydrogen-bond acceptors (Lipinski definition) is 3. The lowest BCUT2D eigenvalue weighted by Gasteiger charge is -2.13. The Hall–Kier alpha value is -0.330. The molecule has 0 radical (unpaired) electrons. The summed E-state index contributed by atoms with van der Waals surface area (Å²) in [6.07, 6.45) is -0.463. The lowest BCUT2D eigenvalue weighted by atomic mass is 10.1. The van der Waals surface area contributed by atoms with Crippen LogP contribution in [-0.4, -0.2) is 31.4 Å². The van der Waals surface area contributed by atoms with Gasteiger partial charge in [-0.1, -0.05) is 28.7 Å². The minimum atomic E-state index is -0.463. The van der Waals surface area contributed by atoms with Gasteiger partial charge in [-0.15, -0.1) is 0 Å². The van der Waals surface area contributed by atoms with Crippen molar-refractivity contribution in [2.45, 2.75) is 17.5 Å². The lowest BCUT2D eigenvalue weighted by Crippen LogP contribution is -2.29. The molecule has 1 aromatic carbocycles. The van der Waals surface area contributed by atoms with Gasteiger partial charge >= 0.3 is 0 Å². The molecule has 0 fully saturated rings. The number of aliphatic hydroxyl groups is 1. The van der Waals surface area contributed by atoms with Crippen molar-refractivity contribution in [3.8, 4) is 5.75 Å². The second kappa shape index (κ2) is 7.09. The van der Waals surface area contributed by atoms with E-state index >= 15 is 0 Å². The predicted molar refractivity (Wildman–Crippen MR) is 74.3 cm³/mol.